The van der Waals surface area contributed by atoms with Crippen molar-refractivity contribution in [3.8, 4) is 28.5 Å². The number of halogens is 1. The Morgan fingerprint density at radius 1 is 0.287 bits per heavy atom. The van der Waals surface area contributed by atoms with Crippen LogP contribution in [0.3, 0.4) is 0 Å². The smallest absolute Gasteiger partial charge is 0.235 e. The van der Waals surface area contributed by atoms with Crippen molar-refractivity contribution >= 4 is 203 Å². The third-order valence-corrected chi connectivity index (χ3v) is 22.0. The van der Waals surface area contributed by atoms with Crippen LogP contribution >= 0.6 is 56.9 Å². The maximum absolute atomic E-state index is 6.30. The zero-order chi connectivity index (χ0) is 57.3. The maximum atomic E-state index is 6.30. The van der Waals surface area contributed by atoms with E-state index in [9.17, 15) is 0 Å². The van der Waals surface area contributed by atoms with Gasteiger partial charge in [0, 0.05) is 73.0 Å². The summed E-state index contributed by atoms with van der Waals surface area (Å²) in [5, 5.41) is 16.9. The zero-order valence-corrected chi connectivity index (χ0v) is 50.0. The van der Waals surface area contributed by atoms with Crippen molar-refractivity contribution in [2.45, 2.75) is 0 Å². The lowest BCUT2D eigenvalue weighted by Crippen LogP contribution is -2.04. The number of benzene rings is 12. The molecule has 20 aromatic rings. The van der Waals surface area contributed by atoms with Gasteiger partial charge in [0.1, 0.15) is 0 Å². The third kappa shape index (κ3) is 7.89. The first kappa shape index (κ1) is 50.4. The first-order valence-corrected chi connectivity index (χ1v) is 32.4. The lowest BCUT2D eigenvalue weighted by Gasteiger charge is -2.16. The van der Waals surface area contributed by atoms with Crippen molar-refractivity contribution in [1.82, 2.24) is 29.5 Å². The molecule has 0 bridgehead atoms. The minimum Gasteiger partial charge on any atom is -0.352 e. The van der Waals surface area contributed by atoms with Gasteiger partial charge >= 0.3 is 0 Å². The molecule has 0 amide bonds. The van der Waals surface area contributed by atoms with Crippen molar-refractivity contribution in [1.29, 1.82) is 0 Å². The van der Waals surface area contributed by atoms with Crippen LogP contribution in [0.5, 0.6) is 0 Å². The molecule has 11 heteroatoms. The highest BCUT2D eigenvalue weighted by molar-refractivity contribution is 7.34. The molecule has 408 valence electrons. The lowest BCUT2D eigenvalue weighted by atomic mass is 9.94. The molecule has 0 spiro atoms. The van der Waals surface area contributed by atoms with Gasteiger partial charge in [-0.05, 0) is 68.2 Å². The largest absolute Gasteiger partial charge is 0.352 e. The molecule has 6 nitrogen and oxygen atoms in total. The summed E-state index contributed by atoms with van der Waals surface area (Å²) in [6, 6.07) is 89.5. The lowest BCUT2D eigenvalue weighted by molar-refractivity contribution is 1.02. The number of hydrogen-bond acceptors (Lipinski definition) is 8. The van der Waals surface area contributed by atoms with Crippen molar-refractivity contribution in [3.05, 3.63) is 260 Å². The fourth-order valence-corrected chi connectivity index (χ4v) is 18.3. The summed E-state index contributed by atoms with van der Waals surface area (Å²) >= 11 is 13.8. The summed E-state index contributed by atoms with van der Waals surface area (Å²) in [6.45, 7) is 0. The van der Waals surface area contributed by atoms with Gasteiger partial charge in [-0.25, -0.2) is 19.9 Å². The molecule has 0 fully saturated rings. The van der Waals surface area contributed by atoms with Crippen LogP contribution in [0.25, 0.3) is 175 Å². The number of nitrogens with zero attached hydrogens (tertiary/aromatic N) is 5. The number of nitrogens with one attached hydrogen (secondary N) is 1. The molecule has 8 aromatic heterocycles. The predicted molar refractivity (Wildman–Crippen MR) is 377 cm³/mol. The van der Waals surface area contributed by atoms with Crippen molar-refractivity contribution in [2.24, 2.45) is 0 Å². The number of H-pyrrole nitrogens is 1. The summed E-state index contributed by atoms with van der Waals surface area (Å²) in [7, 11) is 0. The SMILES string of the molecule is Clc1nc(-c2ccccc2)c2c3ccccc3c3ccccc3c2n1.c1ccc(-c2nc(-n3c4c5ccccc5sc4c4sc5ccccc5c43)nc3c4ccccc4c4ccccc4c23)cc1.c1ccc2c(c1)sc1c2[nH]c2c3ccccc3sc21. The molecular weight excluding hydrogens is 1160 g/mol. The summed E-state index contributed by atoms with van der Waals surface area (Å²) in [5.41, 5.74) is 10.8. The molecule has 87 heavy (non-hydrogen) atoms. The first-order valence-electron chi connectivity index (χ1n) is 28.7. The van der Waals surface area contributed by atoms with E-state index in [2.05, 4.69) is 250 Å². The molecular formula is C76H43ClN6S4. The van der Waals surface area contributed by atoms with E-state index in [1.165, 1.54) is 108 Å². The molecule has 0 saturated heterocycles. The number of aromatic nitrogens is 6. The van der Waals surface area contributed by atoms with Gasteiger partial charge in [-0.3, -0.25) is 4.57 Å². The van der Waals surface area contributed by atoms with Crippen LogP contribution in [0, 0.1) is 0 Å². The average molecular weight is 1200 g/mol. The number of thiophene rings is 4. The van der Waals surface area contributed by atoms with Gasteiger partial charge in [-0.1, -0.05) is 231 Å². The van der Waals surface area contributed by atoms with Crippen LogP contribution in [0.15, 0.2) is 255 Å². The van der Waals surface area contributed by atoms with Crippen molar-refractivity contribution < 1.29 is 0 Å². The van der Waals surface area contributed by atoms with Crippen LogP contribution in [0.1, 0.15) is 0 Å². The Morgan fingerprint density at radius 3 is 1.06 bits per heavy atom. The number of aromatic amines is 1. The van der Waals surface area contributed by atoms with E-state index < -0.39 is 0 Å². The molecule has 0 atom stereocenters. The number of hydrogen-bond donors (Lipinski definition) is 1. The van der Waals surface area contributed by atoms with E-state index in [-0.39, 0.29) is 5.28 Å². The van der Waals surface area contributed by atoms with E-state index in [0.29, 0.717) is 5.95 Å². The fourth-order valence-electron chi connectivity index (χ4n) is 13.1. The second-order valence-corrected chi connectivity index (χ2v) is 26.2. The monoisotopic (exact) mass is 1200 g/mol. The Labute approximate surface area is 517 Å². The van der Waals surface area contributed by atoms with Gasteiger partial charge in [0.05, 0.1) is 63.3 Å². The molecule has 20 rings (SSSR count). The van der Waals surface area contributed by atoms with E-state index in [4.69, 9.17) is 21.6 Å². The topological polar surface area (TPSA) is 72.3 Å². The Kier molecular flexibility index (Phi) is 11.6. The highest BCUT2D eigenvalue weighted by Gasteiger charge is 2.26. The predicted octanol–water partition coefficient (Wildman–Crippen LogP) is 23.1. The van der Waals surface area contributed by atoms with E-state index in [0.717, 1.165) is 60.5 Å². The molecule has 8 heterocycles. The van der Waals surface area contributed by atoms with Gasteiger partial charge in [0.25, 0.3) is 0 Å². The Bertz CT molecular complexity index is 6000. The maximum Gasteiger partial charge on any atom is 0.235 e. The minimum atomic E-state index is 0.270. The molecule has 0 aliphatic rings. The van der Waals surface area contributed by atoms with Crippen LogP contribution < -0.4 is 0 Å². The van der Waals surface area contributed by atoms with E-state index in [1.807, 2.05) is 69.6 Å². The summed E-state index contributed by atoms with van der Waals surface area (Å²) in [4.78, 5) is 23.8. The molecule has 1 N–H and O–H groups in total. The molecule has 0 aliphatic carbocycles. The van der Waals surface area contributed by atoms with Gasteiger partial charge in [-0.2, -0.15) is 0 Å². The highest BCUT2D eigenvalue weighted by Crippen LogP contribution is 2.50. The quantitative estimate of drug-likeness (QED) is 0.141. The second-order valence-electron chi connectivity index (χ2n) is 21.7. The minimum absolute atomic E-state index is 0.270. The van der Waals surface area contributed by atoms with E-state index in [1.54, 1.807) is 0 Å². The van der Waals surface area contributed by atoms with Crippen LogP contribution in [-0.4, -0.2) is 29.5 Å². The summed E-state index contributed by atoms with van der Waals surface area (Å²) < 4.78 is 13.0. The van der Waals surface area contributed by atoms with Gasteiger partial charge < -0.3 is 4.98 Å². The molecule has 0 unspecified atom stereocenters. The third-order valence-electron chi connectivity index (χ3n) is 16.9. The Hall–Kier alpha value is -9.91. The number of fused-ring (bicyclic) bond motifs is 26. The molecule has 12 aromatic carbocycles. The van der Waals surface area contributed by atoms with Gasteiger partial charge in [0.15, 0.2) is 0 Å². The van der Waals surface area contributed by atoms with E-state index >= 15 is 0 Å². The number of rotatable bonds is 3. The van der Waals surface area contributed by atoms with Crippen LogP contribution in [0.2, 0.25) is 5.28 Å². The average Bonchev–Trinajstić information content (AvgIpc) is 1.83. The highest BCUT2D eigenvalue weighted by atomic mass is 35.5. The van der Waals surface area contributed by atoms with Gasteiger partial charge in [-0.15, -0.1) is 45.3 Å². The molecule has 0 aliphatic heterocycles. The summed E-state index contributed by atoms with van der Waals surface area (Å²) in [5.74, 6) is 0.707. The Morgan fingerprint density at radius 2 is 0.609 bits per heavy atom. The Balaban J connectivity index is 0.000000109. The van der Waals surface area contributed by atoms with Crippen molar-refractivity contribution in [2.75, 3.05) is 0 Å². The normalized spacial score (nSPS) is 12.0. The van der Waals surface area contributed by atoms with Crippen LogP contribution in [0.4, 0.5) is 0 Å². The molecule has 0 radical (unpaired) electrons. The van der Waals surface area contributed by atoms with Gasteiger partial charge in [0.2, 0.25) is 11.2 Å². The molecule has 0 saturated carbocycles. The second kappa shape index (κ2) is 20.1. The summed E-state index contributed by atoms with van der Waals surface area (Å²) in [6.07, 6.45) is 0. The van der Waals surface area contributed by atoms with Crippen molar-refractivity contribution in [3.63, 3.8) is 0 Å². The fraction of sp³-hybridized carbons (Fsp3) is 0. The zero-order valence-electron chi connectivity index (χ0n) is 46.0. The standard InChI is InChI=1S/C38H21N3S2.C22H13ClN2.C16H9NS2/c1-2-12-22(13-3-1)32-31-25-16-6-4-14-23(25)24-15-5-7-17-26(24)33(31)40-38(39-32)41-34-27-18-8-10-20-29(27)42-36(34)37-35(41)28-19-9-11-21-30(28)43-37;23-22-24-20(14-8-2-1-3-9-14)19-17-12-6-4-10-15(17)16-11-5-7-13-18(16)21(19)25-22;1-3-7-11-9(5-1)13-15(18-11)16-14(17-13)10-6-2-4-8-12(10)19-16/h1-21H;1-13H;1-8,17H. The first-order chi connectivity index (χ1) is 43.1. The van der Waals surface area contributed by atoms with Crippen LogP contribution in [-0.2, 0) is 0 Å².